The van der Waals surface area contributed by atoms with Crippen LogP contribution in [0.25, 0.3) is 0 Å². The number of aromatic nitrogens is 2. The predicted molar refractivity (Wildman–Crippen MR) is 76.3 cm³/mol. The third-order valence-corrected chi connectivity index (χ3v) is 2.83. The van der Waals surface area contributed by atoms with Gasteiger partial charge in [-0.15, -0.1) is 0 Å². The van der Waals surface area contributed by atoms with Gasteiger partial charge in [0.2, 0.25) is 5.91 Å². The molecule has 0 saturated carbocycles. The molecule has 0 aliphatic carbocycles. The summed E-state index contributed by atoms with van der Waals surface area (Å²) in [4.78, 5) is 11.7. The molecule has 1 N–H and O–H groups in total. The Morgan fingerprint density at radius 3 is 3.05 bits per heavy atom. The third kappa shape index (κ3) is 5.25. The first-order chi connectivity index (χ1) is 10.1. The molecule has 0 fully saturated rings. The number of amides is 1. The van der Waals surface area contributed by atoms with Crippen molar-refractivity contribution in [3.8, 4) is 5.75 Å². The number of hydrogen-bond acceptors (Lipinski definition) is 3. The molecule has 0 unspecified atom stereocenters. The average molecular weight is 291 g/mol. The van der Waals surface area contributed by atoms with Crippen LogP contribution in [0.3, 0.4) is 0 Å². The van der Waals surface area contributed by atoms with Crippen molar-refractivity contribution in [3.63, 3.8) is 0 Å². The second-order valence-electron chi connectivity index (χ2n) is 4.76. The van der Waals surface area contributed by atoms with Gasteiger partial charge in [-0.2, -0.15) is 5.10 Å². The van der Waals surface area contributed by atoms with E-state index < -0.39 is 0 Å². The lowest BCUT2D eigenvalue weighted by atomic mass is 10.3. The van der Waals surface area contributed by atoms with Crippen LogP contribution in [0.5, 0.6) is 5.75 Å². The number of aryl methyl sites for hydroxylation is 1. The van der Waals surface area contributed by atoms with E-state index in [1.807, 2.05) is 19.2 Å². The zero-order valence-corrected chi connectivity index (χ0v) is 11.8. The molecule has 112 valence electrons. The minimum atomic E-state index is -0.344. The maximum atomic E-state index is 13.0. The van der Waals surface area contributed by atoms with E-state index in [4.69, 9.17) is 4.74 Å². The fourth-order valence-corrected chi connectivity index (χ4v) is 1.82. The standard InChI is InChI=1S/C15H18FN3O2/c1-12(11-21-14-5-2-4-13(16)10-14)18-15(20)6-9-19-8-3-7-17-19/h2-5,7-8,10,12H,6,9,11H2,1H3,(H,18,20)/t12-/m0/s1. The molecule has 0 radical (unpaired) electrons. The second-order valence-corrected chi connectivity index (χ2v) is 4.76. The van der Waals surface area contributed by atoms with Crippen molar-refractivity contribution >= 4 is 5.91 Å². The minimum absolute atomic E-state index is 0.0687. The van der Waals surface area contributed by atoms with E-state index >= 15 is 0 Å². The van der Waals surface area contributed by atoms with Crippen LogP contribution in [0.15, 0.2) is 42.7 Å². The monoisotopic (exact) mass is 291 g/mol. The van der Waals surface area contributed by atoms with E-state index in [0.29, 0.717) is 18.7 Å². The topological polar surface area (TPSA) is 56.1 Å². The number of nitrogens with zero attached hydrogens (tertiary/aromatic N) is 2. The van der Waals surface area contributed by atoms with Gasteiger partial charge in [0.15, 0.2) is 0 Å². The van der Waals surface area contributed by atoms with Gasteiger partial charge in [0.25, 0.3) is 0 Å². The highest BCUT2D eigenvalue weighted by Crippen LogP contribution is 2.11. The van der Waals surface area contributed by atoms with Gasteiger partial charge < -0.3 is 10.1 Å². The Labute approximate surface area is 122 Å². The van der Waals surface area contributed by atoms with Gasteiger partial charge in [-0.3, -0.25) is 9.48 Å². The van der Waals surface area contributed by atoms with Gasteiger partial charge in [-0.05, 0) is 25.1 Å². The number of ether oxygens (including phenoxy) is 1. The summed E-state index contributed by atoms with van der Waals surface area (Å²) in [5.74, 6) is 0.0388. The molecule has 21 heavy (non-hydrogen) atoms. The summed E-state index contributed by atoms with van der Waals surface area (Å²) in [5, 5.41) is 6.86. The maximum Gasteiger partial charge on any atom is 0.222 e. The van der Waals surface area contributed by atoms with E-state index in [2.05, 4.69) is 10.4 Å². The van der Waals surface area contributed by atoms with Crippen LogP contribution in [0.2, 0.25) is 0 Å². The zero-order valence-electron chi connectivity index (χ0n) is 11.8. The predicted octanol–water partition coefficient (Wildman–Crippen LogP) is 2.00. The van der Waals surface area contributed by atoms with E-state index in [9.17, 15) is 9.18 Å². The van der Waals surface area contributed by atoms with Crippen molar-refractivity contribution in [1.29, 1.82) is 0 Å². The van der Waals surface area contributed by atoms with Crippen LogP contribution < -0.4 is 10.1 Å². The van der Waals surface area contributed by atoms with Gasteiger partial charge in [-0.1, -0.05) is 6.07 Å². The normalized spacial score (nSPS) is 11.9. The highest BCUT2D eigenvalue weighted by Gasteiger charge is 2.08. The molecule has 5 nitrogen and oxygen atoms in total. The molecule has 2 aromatic rings. The number of carbonyl (C=O) groups excluding carboxylic acids is 1. The quantitative estimate of drug-likeness (QED) is 0.849. The molecule has 0 aliphatic rings. The Morgan fingerprint density at radius 1 is 1.48 bits per heavy atom. The van der Waals surface area contributed by atoms with E-state index in [0.717, 1.165) is 0 Å². The molecule has 2 rings (SSSR count). The fourth-order valence-electron chi connectivity index (χ4n) is 1.82. The summed E-state index contributed by atoms with van der Waals surface area (Å²) in [6.45, 7) is 2.67. The molecule has 1 aromatic carbocycles. The molecular weight excluding hydrogens is 273 g/mol. The van der Waals surface area contributed by atoms with E-state index in [1.165, 1.54) is 12.1 Å². The van der Waals surface area contributed by atoms with Crippen LogP contribution in [0, 0.1) is 5.82 Å². The van der Waals surface area contributed by atoms with Crippen molar-refractivity contribution in [3.05, 3.63) is 48.5 Å². The molecule has 0 bridgehead atoms. The summed E-state index contributed by atoms with van der Waals surface area (Å²) in [5.41, 5.74) is 0. The van der Waals surface area contributed by atoms with Crippen molar-refractivity contribution in [1.82, 2.24) is 15.1 Å². The number of nitrogens with one attached hydrogen (secondary N) is 1. The van der Waals surface area contributed by atoms with Crippen molar-refractivity contribution in [2.45, 2.75) is 25.9 Å². The first-order valence-corrected chi connectivity index (χ1v) is 6.78. The molecule has 1 heterocycles. The second kappa shape index (κ2) is 7.42. The third-order valence-electron chi connectivity index (χ3n) is 2.83. The number of halogens is 1. The van der Waals surface area contributed by atoms with E-state index in [-0.39, 0.29) is 24.4 Å². The minimum Gasteiger partial charge on any atom is -0.491 e. The van der Waals surface area contributed by atoms with Gasteiger partial charge in [0.05, 0.1) is 6.04 Å². The number of carbonyl (C=O) groups is 1. The first kappa shape index (κ1) is 15.0. The molecule has 6 heteroatoms. The SMILES string of the molecule is C[C@@H](COc1cccc(F)c1)NC(=O)CCn1cccn1. The zero-order chi connectivity index (χ0) is 15.1. The molecule has 0 spiro atoms. The lowest BCUT2D eigenvalue weighted by Gasteiger charge is -2.15. The summed E-state index contributed by atoms with van der Waals surface area (Å²) < 4.78 is 20.1. The van der Waals surface area contributed by atoms with Crippen LogP contribution in [0.4, 0.5) is 4.39 Å². The largest absolute Gasteiger partial charge is 0.491 e. The van der Waals surface area contributed by atoms with Crippen molar-refractivity contribution in [2.24, 2.45) is 0 Å². The molecule has 1 atom stereocenters. The van der Waals surface area contributed by atoms with Gasteiger partial charge in [0.1, 0.15) is 18.2 Å². The summed E-state index contributed by atoms with van der Waals surface area (Å²) in [7, 11) is 0. The van der Waals surface area contributed by atoms with Gasteiger partial charge in [0, 0.05) is 31.4 Å². The Bertz CT molecular complexity index is 572. The van der Waals surface area contributed by atoms with Crippen LogP contribution >= 0.6 is 0 Å². The van der Waals surface area contributed by atoms with Crippen LogP contribution in [0.1, 0.15) is 13.3 Å². The molecular formula is C15H18FN3O2. The van der Waals surface area contributed by atoms with Crippen LogP contribution in [-0.2, 0) is 11.3 Å². The highest BCUT2D eigenvalue weighted by molar-refractivity contribution is 5.76. The lowest BCUT2D eigenvalue weighted by Crippen LogP contribution is -2.37. The summed E-state index contributed by atoms with van der Waals surface area (Å²) in [6.07, 6.45) is 3.84. The molecule has 1 amide bonds. The number of benzene rings is 1. The summed E-state index contributed by atoms with van der Waals surface area (Å²) in [6, 6.07) is 7.58. The first-order valence-electron chi connectivity index (χ1n) is 6.78. The fraction of sp³-hybridized carbons (Fsp3) is 0.333. The van der Waals surface area contributed by atoms with Crippen LogP contribution in [-0.4, -0.2) is 28.3 Å². The maximum absolute atomic E-state index is 13.0. The number of hydrogen-bond donors (Lipinski definition) is 1. The highest BCUT2D eigenvalue weighted by atomic mass is 19.1. The Kier molecular flexibility index (Phi) is 5.31. The Morgan fingerprint density at radius 2 is 2.33 bits per heavy atom. The van der Waals surface area contributed by atoms with Crippen molar-refractivity contribution in [2.75, 3.05) is 6.61 Å². The molecule has 1 aromatic heterocycles. The molecule has 0 aliphatic heterocycles. The lowest BCUT2D eigenvalue weighted by molar-refractivity contribution is -0.122. The Hall–Kier alpha value is -2.37. The van der Waals surface area contributed by atoms with Gasteiger partial charge in [-0.25, -0.2) is 4.39 Å². The molecule has 0 saturated heterocycles. The van der Waals surface area contributed by atoms with Crippen molar-refractivity contribution < 1.29 is 13.9 Å². The average Bonchev–Trinajstić information content (AvgIpc) is 2.96. The summed E-state index contributed by atoms with van der Waals surface area (Å²) >= 11 is 0. The Balaban J connectivity index is 1.68. The number of rotatable bonds is 7. The van der Waals surface area contributed by atoms with Gasteiger partial charge >= 0.3 is 0 Å². The smallest absolute Gasteiger partial charge is 0.222 e. The van der Waals surface area contributed by atoms with E-state index in [1.54, 1.807) is 23.0 Å².